The van der Waals surface area contributed by atoms with E-state index in [1.165, 1.54) is 10.8 Å². The smallest absolute Gasteiger partial charge is 0.269 e. The van der Waals surface area contributed by atoms with Crippen molar-refractivity contribution in [3.05, 3.63) is 63.0 Å². The van der Waals surface area contributed by atoms with E-state index in [0.717, 1.165) is 15.8 Å². The lowest BCUT2D eigenvalue weighted by Gasteiger charge is -2.12. The van der Waals surface area contributed by atoms with Gasteiger partial charge in [-0.3, -0.25) is 4.79 Å². The minimum Gasteiger partial charge on any atom is -0.497 e. The van der Waals surface area contributed by atoms with Crippen molar-refractivity contribution >= 4 is 27.0 Å². The minimum atomic E-state index is -0.172. The van der Waals surface area contributed by atoms with Gasteiger partial charge >= 0.3 is 0 Å². The van der Waals surface area contributed by atoms with Crippen LogP contribution >= 0.6 is 15.9 Å². The van der Waals surface area contributed by atoms with E-state index in [0.29, 0.717) is 23.4 Å². The third-order valence-corrected chi connectivity index (χ3v) is 4.01. The summed E-state index contributed by atoms with van der Waals surface area (Å²) in [4.78, 5) is 16.0. The van der Waals surface area contributed by atoms with E-state index in [2.05, 4.69) is 20.9 Å². The number of benzene rings is 2. The third kappa shape index (κ3) is 3.22. The topological polar surface area (TPSA) is 53.4 Å². The zero-order valence-electron chi connectivity index (χ0n) is 12.7. The molecule has 0 unspecified atom stereocenters. The molecule has 23 heavy (non-hydrogen) atoms. The highest BCUT2D eigenvalue weighted by molar-refractivity contribution is 9.10. The molecule has 0 saturated carbocycles. The molecule has 0 aliphatic carbocycles. The monoisotopic (exact) mass is 374 g/mol. The number of halogens is 1. The van der Waals surface area contributed by atoms with Gasteiger partial charge in [0.2, 0.25) is 0 Å². The normalized spacial score (nSPS) is 10.7. The van der Waals surface area contributed by atoms with Crippen LogP contribution in [0.4, 0.5) is 0 Å². The molecular formula is C17H15BrN2O3. The zero-order valence-corrected chi connectivity index (χ0v) is 14.3. The third-order valence-electron chi connectivity index (χ3n) is 3.55. The van der Waals surface area contributed by atoms with Crippen LogP contribution in [0, 0.1) is 0 Å². The maximum absolute atomic E-state index is 11.8. The second-order valence-electron chi connectivity index (χ2n) is 5.06. The minimum absolute atomic E-state index is 0.172. The molecule has 0 radical (unpaired) electrons. The summed E-state index contributed by atoms with van der Waals surface area (Å²) in [6, 6.07) is 11.3. The average molecular weight is 375 g/mol. The van der Waals surface area contributed by atoms with Gasteiger partial charge in [0, 0.05) is 11.5 Å². The van der Waals surface area contributed by atoms with Gasteiger partial charge in [0.05, 0.1) is 18.8 Å². The maximum Gasteiger partial charge on any atom is 0.269 e. The largest absolute Gasteiger partial charge is 0.497 e. The van der Waals surface area contributed by atoms with Crippen LogP contribution < -0.4 is 15.0 Å². The van der Waals surface area contributed by atoms with Crippen molar-refractivity contribution < 1.29 is 9.47 Å². The van der Waals surface area contributed by atoms with Crippen molar-refractivity contribution in [1.82, 2.24) is 9.55 Å². The van der Waals surface area contributed by atoms with Crippen molar-refractivity contribution in [1.29, 1.82) is 0 Å². The van der Waals surface area contributed by atoms with E-state index >= 15 is 0 Å². The number of hydrogen-bond donors (Lipinski definition) is 0. The summed E-state index contributed by atoms with van der Waals surface area (Å²) < 4.78 is 13.5. The lowest BCUT2D eigenvalue weighted by molar-refractivity contribution is 0.308. The summed E-state index contributed by atoms with van der Waals surface area (Å²) >= 11 is 3.45. The zero-order chi connectivity index (χ0) is 16.4. The van der Waals surface area contributed by atoms with Crippen molar-refractivity contribution in [2.45, 2.75) is 6.61 Å². The van der Waals surface area contributed by atoms with Crippen LogP contribution in [0.15, 0.2) is 51.9 Å². The van der Waals surface area contributed by atoms with Crippen LogP contribution in [0.1, 0.15) is 5.56 Å². The number of methoxy groups -OCH3 is 1. The number of fused-ring (bicyclic) bond motifs is 1. The number of aromatic nitrogens is 2. The van der Waals surface area contributed by atoms with E-state index < -0.39 is 0 Å². The van der Waals surface area contributed by atoms with Crippen molar-refractivity contribution in [2.75, 3.05) is 7.11 Å². The summed E-state index contributed by atoms with van der Waals surface area (Å²) in [5.41, 5.74) is 2.21. The molecule has 3 aromatic rings. The molecule has 0 fully saturated rings. The Labute approximate surface area is 141 Å². The van der Waals surface area contributed by atoms with E-state index in [-0.39, 0.29) is 5.56 Å². The first kappa shape index (κ1) is 15.6. The van der Waals surface area contributed by atoms with Gasteiger partial charge in [-0.1, -0.05) is 28.1 Å². The molecule has 0 amide bonds. The van der Waals surface area contributed by atoms with Gasteiger partial charge in [-0.2, -0.15) is 0 Å². The fraction of sp³-hybridized carbons (Fsp3) is 0.176. The second kappa shape index (κ2) is 6.42. The van der Waals surface area contributed by atoms with Gasteiger partial charge in [-0.15, -0.1) is 0 Å². The Kier molecular flexibility index (Phi) is 4.34. The highest BCUT2D eigenvalue weighted by Crippen LogP contribution is 2.28. The highest BCUT2D eigenvalue weighted by Gasteiger charge is 2.10. The van der Waals surface area contributed by atoms with Gasteiger partial charge in [0.25, 0.3) is 5.56 Å². The van der Waals surface area contributed by atoms with Gasteiger partial charge in [-0.25, -0.2) is 4.98 Å². The van der Waals surface area contributed by atoms with Gasteiger partial charge < -0.3 is 14.0 Å². The van der Waals surface area contributed by atoms with E-state index in [9.17, 15) is 4.79 Å². The second-order valence-corrected chi connectivity index (χ2v) is 5.98. The number of ether oxygens (including phenoxy) is 2. The first-order valence-corrected chi connectivity index (χ1v) is 7.79. The van der Waals surface area contributed by atoms with Crippen LogP contribution in [0.25, 0.3) is 11.0 Å². The Bertz CT molecular complexity index is 904. The van der Waals surface area contributed by atoms with Crippen molar-refractivity contribution in [3.8, 4) is 11.5 Å². The van der Waals surface area contributed by atoms with Gasteiger partial charge in [0.15, 0.2) is 0 Å². The maximum atomic E-state index is 11.8. The number of aryl methyl sites for hydroxylation is 1. The Morgan fingerprint density at radius 1 is 1.22 bits per heavy atom. The molecule has 2 aromatic carbocycles. The summed E-state index contributed by atoms with van der Waals surface area (Å²) in [5.74, 6) is 1.41. The molecule has 1 heterocycles. The molecule has 3 rings (SSSR count). The highest BCUT2D eigenvalue weighted by atomic mass is 79.9. The number of nitrogens with zero attached hydrogens (tertiary/aromatic N) is 2. The molecule has 0 aliphatic heterocycles. The molecular weight excluding hydrogens is 360 g/mol. The summed E-state index contributed by atoms with van der Waals surface area (Å²) in [5, 5.41) is 0. The Balaban J connectivity index is 1.95. The quantitative estimate of drug-likeness (QED) is 0.702. The Morgan fingerprint density at radius 3 is 2.65 bits per heavy atom. The molecule has 5 nitrogen and oxygen atoms in total. The molecule has 0 aliphatic rings. The molecule has 6 heteroatoms. The predicted octanol–water partition coefficient (Wildman–Crippen LogP) is 3.28. The van der Waals surface area contributed by atoms with Crippen LogP contribution in [0.3, 0.4) is 0 Å². The van der Waals surface area contributed by atoms with Crippen LogP contribution in [-0.4, -0.2) is 16.7 Å². The van der Waals surface area contributed by atoms with Crippen LogP contribution in [0.2, 0.25) is 0 Å². The standard InChI is InChI=1S/C17H15BrN2O3/c1-20-16(21)9-19-14-7-12(18)8-15(17(14)20)23-10-11-3-5-13(22-2)6-4-11/h3-9H,10H2,1-2H3. The molecule has 0 bridgehead atoms. The first-order valence-electron chi connectivity index (χ1n) is 6.99. The SMILES string of the molecule is COc1ccc(COc2cc(Br)cc3ncc(=O)n(C)c23)cc1. The fourth-order valence-corrected chi connectivity index (χ4v) is 2.74. The molecule has 0 saturated heterocycles. The molecule has 1 aromatic heterocycles. The lowest BCUT2D eigenvalue weighted by Crippen LogP contribution is -2.17. The van der Waals surface area contributed by atoms with E-state index in [1.54, 1.807) is 14.2 Å². The van der Waals surface area contributed by atoms with E-state index in [4.69, 9.17) is 9.47 Å². The molecule has 0 N–H and O–H groups in total. The summed E-state index contributed by atoms with van der Waals surface area (Å²) in [6.07, 6.45) is 1.31. The molecule has 118 valence electrons. The fourth-order valence-electron chi connectivity index (χ4n) is 2.31. The number of rotatable bonds is 4. The molecule has 0 spiro atoms. The molecule has 0 atom stereocenters. The summed E-state index contributed by atoms with van der Waals surface area (Å²) in [7, 11) is 3.34. The first-order chi connectivity index (χ1) is 11.1. The Hall–Kier alpha value is -2.34. The van der Waals surface area contributed by atoms with Crippen molar-refractivity contribution in [3.63, 3.8) is 0 Å². The van der Waals surface area contributed by atoms with Gasteiger partial charge in [0.1, 0.15) is 23.6 Å². The predicted molar refractivity (Wildman–Crippen MR) is 92.0 cm³/mol. The lowest BCUT2D eigenvalue weighted by atomic mass is 10.2. The van der Waals surface area contributed by atoms with Crippen LogP contribution in [0.5, 0.6) is 11.5 Å². The van der Waals surface area contributed by atoms with Gasteiger partial charge in [-0.05, 0) is 29.8 Å². The Morgan fingerprint density at radius 2 is 1.96 bits per heavy atom. The van der Waals surface area contributed by atoms with E-state index in [1.807, 2.05) is 36.4 Å². The average Bonchev–Trinajstić information content (AvgIpc) is 2.56. The van der Waals surface area contributed by atoms with Crippen LogP contribution in [-0.2, 0) is 13.7 Å². The summed E-state index contributed by atoms with van der Waals surface area (Å²) in [6.45, 7) is 0.388. The van der Waals surface area contributed by atoms with Crippen molar-refractivity contribution in [2.24, 2.45) is 7.05 Å². The number of hydrogen-bond acceptors (Lipinski definition) is 4.